The van der Waals surface area contributed by atoms with E-state index in [1.165, 1.54) is 0 Å². The summed E-state index contributed by atoms with van der Waals surface area (Å²) in [4.78, 5) is 4.27. The number of rotatable bonds is 4. The van der Waals surface area contributed by atoms with E-state index in [0.29, 0.717) is 23.2 Å². The minimum Gasteiger partial charge on any atom is -0.439 e. The zero-order chi connectivity index (χ0) is 13.0. The molecule has 0 bridgehead atoms. The number of pyridine rings is 1. The summed E-state index contributed by atoms with van der Waals surface area (Å²) < 4.78 is 6.66. The lowest BCUT2D eigenvalue weighted by atomic mass is 10.2. The molecule has 3 nitrogen and oxygen atoms in total. The van der Waals surface area contributed by atoms with Gasteiger partial charge in [0, 0.05) is 27.8 Å². The Morgan fingerprint density at radius 3 is 2.94 bits per heavy atom. The lowest BCUT2D eigenvalue weighted by molar-refractivity contribution is 0.454. The molecule has 0 amide bonds. The van der Waals surface area contributed by atoms with Gasteiger partial charge in [0.05, 0.1) is 0 Å². The molecule has 1 heterocycles. The van der Waals surface area contributed by atoms with Crippen LogP contribution in [0.15, 0.2) is 41.0 Å². The SMILES string of the molecule is CNCc1cc(Br)cnc1Oc1cccc(Cl)c1. The molecule has 2 aromatic rings. The molecule has 0 aliphatic heterocycles. The molecule has 1 aromatic carbocycles. The van der Waals surface area contributed by atoms with Gasteiger partial charge in [-0.2, -0.15) is 0 Å². The van der Waals surface area contributed by atoms with E-state index < -0.39 is 0 Å². The van der Waals surface area contributed by atoms with E-state index in [0.717, 1.165) is 10.0 Å². The van der Waals surface area contributed by atoms with Gasteiger partial charge in [0.1, 0.15) is 5.75 Å². The minimum absolute atomic E-state index is 0.579. The van der Waals surface area contributed by atoms with Crippen LogP contribution in [-0.2, 0) is 6.54 Å². The van der Waals surface area contributed by atoms with Gasteiger partial charge in [-0.1, -0.05) is 17.7 Å². The van der Waals surface area contributed by atoms with Crippen LogP contribution in [0.2, 0.25) is 5.02 Å². The van der Waals surface area contributed by atoms with E-state index in [1.54, 1.807) is 18.3 Å². The summed E-state index contributed by atoms with van der Waals surface area (Å²) in [6, 6.07) is 9.22. The maximum atomic E-state index is 5.92. The highest BCUT2D eigenvalue weighted by atomic mass is 79.9. The predicted octanol–water partition coefficient (Wildman–Crippen LogP) is 4.01. The third-order valence-electron chi connectivity index (χ3n) is 2.27. The number of benzene rings is 1. The monoisotopic (exact) mass is 326 g/mol. The molecule has 0 saturated heterocycles. The van der Waals surface area contributed by atoms with Crippen molar-refractivity contribution in [2.24, 2.45) is 0 Å². The first kappa shape index (κ1) is 13.3. The van der Waals surface area contributed by atoms with Crippen LogP contribution in [0, 0.1) is 0 Å². The van der Waals surface area contributed by atoms with Gasteiger partial charge in [0.2, 0.25) is 5.88 Å². The average molecular weight is 328 g/mol. The number of nitrogens with one attached hydrogen (secondary N) is 1. The van der Waals surface area contributed by atoms with Crippen LogP contribution >= 0.6 is 27.5 Å². The Hall–Kier alpha value is -1.10. The Bertz CT molecular complexity index is 548. The second-order valence-corrected chi connectivity index (χ2v) is 5.06. The fraction of sp³-hybridized carbons (Fsp3) is 0.154. The van der Waals surface area contributed by atoms with Gasteiger partial charge in [0.25, 0.3) is 0 Å². The summed E-state index contributed by atoms with van der Waals surface area (Å²) in [6.45, 7) is 0.683. The van der Waals surface area contributed by atoms with Gasteiger partial charge in [-0.25, -0.2) is 4.98 Å². The van der Waals surface area contributed by atoms with Crippen molar-refractivity contribution in [2.75, 3.05) is 7.05 Å². The summed E-state index contributed by atoms with van der Waals surface area (Å²) in [7, 11) is 1.88. The molecule has 0 unspecified atom stereocenters. The molecular formula is C13H12BrClN2O. The van der Waals surface area contributed by atoms with E-state index in [9.17, 15) is 0 Å². The Balaban J connectivity index is 2.28. The molecule has 0 radical (unpaired) electrons. The second-order valence-electron chi connectivity index (χ2n) is 3.71. The van der Waals surface area contributed by atoms with Crippen LogP contribution in [-0.4, -0.2) is 12.0 Å². The molecule has 1 aromatic heterocycles. The molecule has 0 spiro atoms. The van der Waals surface area contributed by atoms with E-state index >= 15 is 0 Å². The normalized spacial score (nSPS) is 10.4. The van der Waals surface area contributed by atoms with Gasteiger partial charge < -0.3 is 10.1 Å². The quantitative estimate of drug-likeness (QED) is 0.921. The molecule has 5 heteroatoms. The highest BCUT2D eigenvalue weighted by Gasteiger charge is 2.07. The summed E-state index contributed by atoms with van der Waals surface area (Å²) >= 11 is 9.31. The molecule has 18 heavy (non-hydrogen) atoms. The summed E-state index contributed by atoms with van der Waals surface area (Å²) in [5.74, 6) is 1.25. The molecule has 0 aliphatic rings. The van der Waals surface area contributed by atoms with Gasteiger partial charge in [-0.3, -0.25) is 0 Å². The number of halogens is 2. The Kier molecular flexibility index (Phi) is 4.58. The first-order chi connectivity index (χ1) is 8.69. The van der Waals surface area contributed by atoms with Gasteiger partial charge in [0.15, 0.2) is 0 Å². The van der Waals surface area contributed by atoms with E-state index in [1.807, 2.05) is 25.2 Å². The number of hydrogen-bond acceptors (Lipinski definition) is 3. The fourth-order valence-corrected chi connectivity index (χ4v) is 2.08. The Morgan fingerprint density at radius 2 is 2.22 bits per heavy atom. The van der Waals surface area contributed by atoms with Crippen LogP contribution in [0.3, 0.4) is 0 Å². The summed E-state index contributed by atoms with van der Waals surface area (Å²) in [5, 5.41) is 3.72. The van der Waals surface area contributed by atoms with E-state index in [2.05, 4.69) is 26.2 Å². The second kappa shape index (κ2) is 6.18. The van der Waals surface area contributed by atoms with Crippen molar-refractivity contribution in [3.05, 3.63) is 51.6 Å². The van der Waals surface area contributed by atoms with Gasteiger partial charge in [-0.05, 0) is 47.2 Å². The highest BCUT2D eigenvalue weighted by Crippen LogP contribution is 2.27. The first-order valence-electron chi connectivity index (χ1n) is 5.41. The predicted molar refractivity (Wildman–Crippen MR) is 76.2 cm³/mol. The summed E-state index contributed by atoms with van der Waals surface area (Å²) in [5.41, 5.74) is 0.979. The average Bonchev–Trinajstić information content (AvgIpc) is 2.33. The molecule has 1 N–H and O–H groups in total. The molecule has 0 fully saturated rings. The number of ether oxygens (including phenoxy) is 1. The number of hydrogen-bond donors (Lipinski definition) is 1. The zero-order valence-corrected chi connectivity index (χ0v) is 12.1. The molecule has 2 rings (SSSR count). The van der Waals surface area contributed by atoms with Crippen LogP contribution in [0.1, 0.15) is 5.56 Å². The van der Waals surface area contributed by atoms with Crippen LogP contribution in [0.4, 0.5) is 0 Å². The molecule has 0 aliphatic carbocycles. The van der Waals surface area contributed by atoms with E-state index in [-0.39, 0.29) is 0 Å². The topological polar surface area (TPSA) is 34.2 Å². The van der Waals surface area contributed by atoms with Crippen LogP contribution in [0.25, 0.3) is 0 Å². The van der Waals surface area contributed by atoms with Crippen molar-refractivity contribution in [3.63, 3.8) is 0 Å². The molecule has 0 atom stereocenters. The molecule has 94 valence electrons. The van der Waals surface area contributed by atoms with Crippen molar-refractivity contribution in [1.82, 2.24) is 10.3 Å². The third-order valence-corrected chi connectivity index (χ3v) is 2.94. The smallest absolute Gasteiger partial charge is 0.223 e. The maximum absolute atomic E-state index is 5.92. The standard InChI is InChI=1S/C13H12BrClN2O/c1-16-7-9-5-10(14)8-17-13(9)18-12-4-2-3-11(15)6-12/h2-6,8,16H,7H2,1H3. The van der Waals surface area contributed by atoms with Crippen molar-refractivity contribution in [3.8, 4) is 11.6 Å². The van der Waals surface area contributed by atoms with Crippen LogP contribution in [0.5, 0.6) is 11.6 Å². The van der Waals surface area contributed by atoms with E-state index in [4.69, 9.17) is 16.3 Å². The lowest BCUT2D eigenvalue weighted by Gasteiger charge is -2.10. The fourth-order valence-electron chi connectivity index (χ4n) is 1.52. The lowest BCUT2D eigenvalue weighted by Crippen LogP contribution is -2.07. The first-order valence-corrected chi connectivity index (χ1v) is 6.58. The minimum atomic E-state index is 0.579. The summed E-state index contributed by atoms with van der Waals surface area (Å²) in [6.07, 6.45) is 1.71. The van der Waals surface area contributed by atoms with Crippen molar-refractivity contribution >= 4 is 27.5 Å². The van der Waals surface area contributed by atoms with Crippen molar-refractivity contribution < 1.29 is 4.74 Å². The zero-order valence-electron chi connectivity index (χ0n) is 9.78. The molecule has 0 saturated carbocycles. The Labute approximate surface area is 119 Å². The third kappa shape index (κ3) is 3.45. The molecular weight excluding hydrogens is 316 g/mol. The van der Waals surface area contributed by atoms with Crippen molar-refractivity contribution in [1.29, 1.82) is 0 Å². The number of aromatic nitrogens is 1. The maximum Gasteiger partial charge on any atom is 0.223 e. The largest absolute Gasteiger partial charge is 0.439 e. The van der Waals surface area contributed by atoms with Crippen molar-refractivity contribution in [2.45, 2.75) is 6.54 Å². The van der Waals surface area contributed by atoms with Gasteiger partial charge >= 0.3 is 0 Å². The highest BCUT2D eigenvalue weighted by molar-refractivity contribution is 9.10. The van der Waals surface area contributed by atoms with Gasteiger partial charge in [-0.15, -0.1) is 0 Å². The van der Waals surface area contributed by atoms with Crippen LogP contribution < -0.4 is 10.1 Å². The Morgan fingerprint density at radius 1 is 1.39 bits per heavy atom. The number of nitrogens with zero attached hydrogens (tertiary/aromatic N) is 1.